The van der Waals surface area contributed by atoms with E-state index in [2.05, 4.69) is 10.4 Å². The predicted molar refractivity (Wildman–Crippen MR) is 121 cm³/mol. The lowest BCUT2D eigenvalue weighted by Gasteiger charge is -2.15. The zero-order valence-corrected chi connectivity index (χ0v) is 18.6. The fourth-order valence-corrected chi connectivity index (χ4v) is 3.09. The third-order valence-electron chi connectivity index (χ3n) is 5.46. The van der Waals surface area contributed by atoms with Crippen molar-refractivity contribution < 1.29 is 4.79 Å². The number of nitrogens with zero attached hydrogens (tertiary/aromatic N) is 3. The third-order valence-corrected chi connectivity index (χ3v) is 5.46. The van der Waals surface area contributed by atoms with Gasteiger partial charge in [-0.25, -0.2) is 4.79 Å². The molecule has 162 valence electrons. The minimum absolute atomic E-state index is 0.0505. The molecule has 0 saturated carbocycles. The predicted octanol–water partition coefficient (Wildman–Crippen LogP) is 2.90. The molecule has 31 heavy (non-hydrogen) atoms. The number of carbonyl (C=O) groups is 1. The number of benzene rings is 2. The van der Waals surface area contributed by atoms with Crippen LogP contribution in [0.15, 0.2) is 52.1 Å². The lowest BCUT2D eigenvalue weighted by molar-refractivity contribution is 0.0929. The number of hydrogen-bond acceptors (Lipinski definition) is 4. The zero-order valence-electron chi connectivity index (χ0n) is 18.6. The molecule has 3 aromatic rings. The van der Waals surface area contributed by atoms with Gasteiger partial charge in [0.15, 0.2) is 0 Å². The summed E-state index contributed by atoms with van der Waals surface area (Å²) in [4.78, 5) is 39.1. The smallest absolute Gasteiger partial charge is 0.348 e. The Balaban J connectivity index is 2.20. The summed E-state index contributed by atoms with van der Waals surface area (Å²) >= 11 is 0. The van der Waals surface area contributed by atoms with Gasteiger partial charge in [0.05, 0.1) is 12.2 Å². The van der Waals surface area contributed by atoms with Crippen LogP contribution in [0.5, 0.6) is 0 Å². The van der Waals surface area contributed by atoms with E-state index < -0.39 is 17.2 Å². The maximum atomic E-state index is 13.2. The number of aromatic nitrogens is 3. The van der Waals surface area contributed by atoms with Crippen LogP contribution in [0.1, 0.15) is 53.0 Å². The molecule has 0 fully saturated rings. The first-order chi connectivity index (χ1) is 14.7. The second kappa shape index (κ2) is 9.12. The van der Waals surface area contributed by atoms with Gasteiger partial charge in [0.1, 0.15) is 0 Å². The summed E-state index contributed by atoms with van der Waals surface area (Å²) in [5, 5.41) is 6.95. The summed E-state index contributed by atoms with van der Waals surface area (Å²) in [7, 11) is 0. The Bertz CT molecular complexity index is 1220. The van der Waals surface area contributed by atoms with Crippen molar-refractivity contribution in [2.75, 3.05) is 0 Å². The van der Waals surface area contributed by atoms with Crippen molar-refractivity contribution in [3.63, 3.8) is 0 Å². The molecular formula is C24H28N4O3. The topological polar surface area (TPSA) is 86.0 Å². The maximum absolute atomic E-state index is 13.2. The van der Waals surface area contributed by atoms with E-state index >= 15 is 0 Å². The molecule has 0 bridgehead atoms. The van der Waals surface area contributed by atoms with E-state index in [9.17, 15) is 14.4 Å². The van der Waals surface area contributed by atoms with Gasteiger partial charge in [-0.05, 0) is 62.9 Å². The van der Waals surface area contributed by atoms with Crippen molar-refractivity contribution in [3.05, 3.63) is 91.3 Å². The summed E-state index contributed by atoms with van der Waals surface area (Å²) in [6.45, 7) is 9.70. The standard InChI is InChI=1S/C24H28N4O3/c1-6-18(5)25-22(29)21-23(30)27(14-19-10-7-15(2)8-11-19)24(31)28(26-21)20-12-9-16(3)17(4)13-20/h7-13,18H,6,14H2,1-5H3,(H,25,29)/t18-/m1/s1. The summed E-state index contributed by atoms with van der Waals surface area (Å²) < 4.78 is 2.20. The highest BCUT2D eigenvalue weighted by atomic mass is 16.2. The average molecular weight is 421 g/mol. The molecule has 7 nitrogen and oxygen atoms in total. The lowest BCUT2D eigenvalue weighted by atomic mass is 10.1. The Morgan fingerprint density at radius 2 is 1.71 bits per heavy atom. The van der Waals surface area contributed by atoms with Gasteiger partial charge in [-0.2, -0.15) is 9.78 Å². The van der Waals surface area contributed by atoms with Gasteiger partial charge < -0.3 is 5.32 Å². The minimum Gasteiger partial charge on any atom is -0.348 e. The summed E-state index contributed by atoms with van der Waals surface area (Å²) in [6.07, 6.45) is 0.708. The van der Waals surface area contributed by atoms with Gasteiger partial charge in [0.25, 0.3) is 11.5 Å². The summed E-state index contributed by atoms with van der Waals surface area (Å²) in [6, 6.07) is 12.9. The molecule has 1 atom stereocenters. The van der Waals surface area contributed by atoms with E-state index in [0.717, 1.165) is 31.5 Å². The van der Waals surface area contributed by atoms with Crippen molar-refractivity contribution in [1.82, 2.24) is 19.7 Å². The average Bonchev–Trinajstić information content (AvgIpc) is 2.74. The highest BCUT2D eigenvalue weighted by Gasteiger charge is 2.21. The van der Waals surface area contributed by atoms with Gasteiger partial charge in [-0.15, -0.1) is 0 Å². The highest BCUT2D eigenvalue weighted by Crippen LogP contribution is 2.12. The van der Waals surface area contributed by atoms with Crippen molar-refractivity contribution in [1.29, 1.82) is 0 Å². The number of amides is 1. The number of nitrogens with one attached hydrogen (secondary N) is 1. The minimum atomic E-state index is -0.702. The molecule has 1 aromatic heterocycles. The molecule has 0 aliphatic carbocycles. The van der Waals surface area contributed by atoms with E-state index in [4.69, 9.17) is 0 Å². The Morgan fingerprint density at radius 3 is 2.32 bits per heavy atom. The molecule has 1 amide bonds. The van der Waals surface area contributed by atoms with Crippen molar-refractivity contribution >= 4 is 5.91 Å². The first-order valence-electron chi connectivity index (χ1n) is 10.4. The zero-order chi connectivity index (χ0) is 22.7. The van der Waals surface area contributed by atoms with Crippen LogP contribution in [0.3, 0.4) is 0 Å². The third kappa shape index (κ3) is 4.82. The number of rotatable bonds is 6. The van der Waals surface area contributed by atoms with Crippen LogP contribution < -0.4 is 16.6 Å². The number of aryl methyl sites for hydroxylation is 3. The van der Waals surface area contributed by atoms with Crippen LogP contribution >= 0.6 is 0 Å². The lowest BCUT2D eigenvalue weighted by Crippen LogP contribution is -2.47. The largest absolute Gasteiger partial charge is 0.352 e. The quantitative estimate of drug-likeness (QED) is 0.664. The van der Waals surface area contributed by atoms with E-state index in [1.807, 2.05) is 71.0 Å². The Kier molecular flexibility index (Phi) is 6.53. The van der Waals surface area contributed by atoms with Gasteiger partial charge in [-0.1, -0.05) is 42.8 Å². The highest BCUT2D eigenvalue weighted by molar-refractivity contribution is 5.91. The molecule has 0 radical (unpaired) electrons. The number of carbonyl (C=O) groups excluding carboxylic acids is 1. The monoisotopic (exact) mass is 420 g/mol. The molecule has 0 unspecified atom stereocenters. The first kappa shape index (κ1) is 22.2. The molecule has 1 N–H and O–H groups in total. The molecule has 7 heteroatoms. The van der Waals surface area contributed by atoms with E-state index in [1.165, 1.54) is 0 Å². The Hall–Kier alpha value is -3.48. The SMILES string of the molecule is CC[C@@H](C)NC(=O)c1nn(-c2ccc(C)c(C)c2)c(=O)n(Cc2ccc(C)cc2)c1=O. The van der Waals surface area contributed by atoms with Crippen molar-refractivity contribution in [2.24, 2.45) is 0 Å². The Morgan fingerprint density at radius 1 is 1.03 bits per heavy atom. The second-order valence-corrected chi connectivity index (χ2v) is 7.97. The molecule has 0 spiro atoms. The summed E-state index contributed by atoms with van der Waals surface area (Å²) in [5.41, 5.74) is 2.82. The molecule has 0 saturated heterocycles. The first-order valence-corrected chi connectivity index (χ1v) is 10.4. The van der Waals surface area contributed by atoms with E-state index in [-0.39, 0.29) is 18.3 Å². The van der Waals surface area contributed by atoms with Crippen molar-refractivity contribution in [3.8, 4) is 5.69 Å². The molecule has 2 aromatic carbocycles. The van der Waals surface area contributed by atoms with Gasteiger partial charge in [-0.3, -0.25) is 14.2 Å². The van der Waals surface area contributed by atoms with Crippen LogP contribution in [-0.4, -0.2) is 26.3 Å². The molecule has 1 heterocycles. The fraction of sp³-hybridized carbons (Fsp3) is 0.333. The molecule has 0 aliphatic rings. The van der Waals surface area contributed by atoms with Gasteiger partial charge >= 0.3 is 5.69 Å². The molecule has 3 rings (SSSR count). The normalized spacial score (nSPS) is 11.9. The van der Waals surface area contributed by atoms with Crippen molar-refractivity contribution in [2.45, 2.75) is 53.6 Å². The number of hydrogen-bond donors (Lipinski definition) is 1. The van der Waals surface area contributed by atoms with Gasteiger partial charge in [0, 0.05) is 6.04 Å². The Labute approximate surface area is 181 Å². The van der Waals surface area contributed by atoms with Gasteiger partial charge in [0.2, 0.25) is 5.69 Å². The van der Waals surface area contributed by atoms with Crippen LogP contribution in [-0.2, 0) is 6.54 Å². The van der Waals surface area contributed by atoms with Crippen LogP contribution in [0.4, 0.5) is 0 Å². The molecular weight excluding hydrogens is 392 g/mol. The van der Waals surface area contributed by atoms with Crippen LogP contribution in [0.2, 0.25) is 0 Å². The second-order valence-electron chi connectivity index (χ2n) is 7.97. The van der Waals surface area contributed by atoms with E-state index in [0.29, 0.717) is 12.1 Å². The molecule has 0 aliphatic heterocycles. The fourth-order valence-electron chi connectivity index (χ4n) is 3.09. The van der Waals surface area contributed by atoms with Crippen LogP contribution in [0.25, 0.3) is 5.69 Å². The maximum Gasteiger partial charge on any atom is 0.352 e. The van der Waals surface area contributed by atoms with Crippen LogP contribution in [0, 0.1) is 20.8 Å². The summed E-state index contributed by atoms with van der Waals surface area (Å²) in [5.74, 6) is -0.588. The van der Waals surface area contributed by atoms with E-state index in [1.54, 1.807) is 6.07 Å².